The zero-order valence-electron chi connectivity index (χ0n) is 7.91. The van der Waals surface area contributed by atoms with Crippen molar-refractivity contribution >= 4 is 18.5 Å². The second kappa shape index (κ2) is 3.10. The molecule has 0 radical (unpaired) electrons. The van der Waals surface area contributed by atoms with Crippen LogP contribution in [0, 0.1) is 0 Å². The largest absolute Gasteiger partial charge is 0.166 e. The molecule has 1 fully saturated rings. The highest BCUT2D eigenvalue weighted by molar-refractivity contribution is 7.21. The second-order valence-corrected chi connectivity index (χ2v) is 11.4. The van der Waals surface area contributed by atoms with E-state index in [9.17, 15) is 0 Å². The van der Waals surface area contributed by atoms with Crippen LogP contribution in [-0.4, -0.2) is 7.38 Å². The van der Waals surface area contributed by atoms with Crippen LogP contribution in [0.1, 0.15) is 40.0 Å². The highest BCUT2D eigenvalue weighted by Crippen LogP contribution is 2.48. The quantitative estimate of drug-likeness (QED) is 0.398. The smallest absolute Gasteiger partial charge is 0.161 e. The number of hydrogen-bond donors (Lipinski definition) is 0. The van der Waals surface area contributed by atoms with Gasteiger partial charge in [-0.3, -0.25) is 0 Å². The summed E-state index contributed by atoms with van der Waals surface area (Å²) in [7, 11) is -1.37. The minimum Gasteiger partial charge on any atom is -0.166 e. The summed E-state index contributed by atoms with van der Waals surface area (Å²) in [6.45, 7) is 6.95. The van der Waals surface area contributed by atoms with Crippen LogP contribution in [0.2, 0.25) is 17.1 Å². The van der Waals surface area contributed by atoms with E-state index < -0.39 is 7.38 Å². The van der Waals surface area contributed by atoms with E-state index in [2.05, 4.69) is 20.8 Å². The zero-order chi connectivity index (χ0) is 8.54. The van der Waals surface area contributed by atoms with Gasteiger partial charge in [0.1, 0.15) is 0 Å². The Morgan fingerprint density at radius 1 is 1.00 bits per heavy atom. The van der Waals surface area contributed by atoms with E-state index in [-0.39, 0.29) is 0 Å². The van der Waals surface area contributed by atoms with E-state index in [1.54, 1.807) is 0 Å². The van der Waals surface area contributed by atoms with E-state index in [1.807, 2.05) is 0 Å². The Hall–Kier alpha value is 0.507. The van der Waals surface area contributed by atoms with Crippen LogP contribution < -0.4 is 0 Å². The molecule has 0 bridgehead atoms. The van der Waals surface area contributed by atoms with Gasteiger partial charge in [0.05, 0.1) is 0 Å². The van der Waals surface area contributed by atoms with Crippen LogP contribution in [0.15, 0.2) is 0 Å². The maximum absolute atomic E-state index is 6.69. The van der Waals surface area contributed by atoms with Gasteiger partial charge in [-0.15, -0.1) is 0 Å². The van der Waals surface area contributed by atoms with E-state index >= 15 is 0 Å². The van der Waals surface area contributed by atoms with Gasteiger partial charge in [-0.1, -0.05) is 40.0 Å². The summed E-state index contributed by atoms with van der Waals surface area (Å²) < 4.78 is 0. The summed E-state index contributed by atoms with van der Waals surface area (Å²) in [5.41, 5.74) is 0. The van der Waals surface area contributed by atoms with E-state index in [1.165, 1.54) is 31.4 Å². The first-order valence-electron chi connectivity index (χ1n) is 4.65. The Morgan fingerprint density at radius 3 is 1.73 bits per heavy atom. The van der Waals surface area contributed by atoms with Crippen molar-refractivity contribution in [2.45, 2.75) is 57.2 Å². The summed E-state index contributed by atoms with van der Waals surface area (Å²) in [5, 5.41) is 0.412. The van der Waals surface area contributed by atoms with Crippen LogP contribution in [0.25, 0.3) is 0 Å². The molecule has 1 heterocycles. The standard InChI is InChI=1S/C9H19ClSi/c1-9(2,3)11(10)7-5-4-6-8-11/h4-8H2,1-3H3. The first-order chi connectivity index (χ1) is 4.96. The molecule has 0 atom stereocenters. The molecule has 0 aromatic carbocycles. The molecule has 0 saturated carbocycles. The van der Waals surface area contributed by atoms with Crippen LogP contribution in [0.3, 0.4) is 0 Å². The Kier molecular flexibility index (Phi) is 2.70. The fraction of sp³-hybridized carbons (Fsp3) is 1.00. The fourth-order valence-corrected chi connectivity index (χ4v) is 6.03. The molecule has 66 valence electrons. The lowest BCUT2D eigenvalue weighted by atomic mass is 10.2. The lowest BCUT2D eigenvalue weighted by molar-refractivity contribution is 0.646. The van der Waals surface area contributed by atoms with Gasteiger partial charge < -0.3 is 0 Å². The maximum Gasteiger partial charge on any atom is 0.161 e. The lowest BCUT2D eigenvalue weighted by Gasteiger charge is -2.40. The molecule has 1 saturated heterocycles. The normalized spacial score (nSPS) is 25.1. The van der Waals surface area contributed by atoms with Crippen molar-refractivity contribution in [3.05, 3.63) is 0 Å². The van der Waals surface area contributed by atoms with Crippen molar-refractivity contribution in [2.24, 2.45) is 0 Å². The molecule has 0 unspecified atom stereocenters. The summed E-state index contributed by atoms with van der Waals surface area (Å²) in [6.07, 6.45) is 4.18. The van der Waals surface area contributed by atoms with Gasteiger partial charge in [0.2, 0.25) is 0 Å². The Balaban J connectivity index is 2.64. The fourth-order valence-electron chi connectivity index (χ4n) is 1.86. The summed E-state index contributed by atoms with van der Waals surface area (Å²) in [6, 6.07) is 2.69. The van der Waals surface area contributed by atoms with Gasteiger partial charge in [-0.05, 0) is 17.1 Å². The minimum absolute atomic E-state index is 0.412. The van der Waals surface area contributed by atoms with Crippen molar-refractivity contribution in [3.63, 3.8) is 0 Å². The van der Waals surface area contributed by atoms with Crippen molar-refractivity contribution in [1.82, 2.24) is 0 Å². The summed E-state index contributed by atoms with van der Waals surface area (Å²) in [5.74, 6) is 0. The van der Waals surface area contributed by atoms with Gasteiger partial charge in [0.25, 0.3) is 0 Å². The third-order valence-corrected chi connectivity index (χ3v) is 10.8. The number of rotatable bonds is 0. The van der Waals surface area contributed by atoms with Crippen molar-refractivity contribution in [3.8, 4) is 0 Å². The molecule has 0 N–H and O–H groups in total. The molecular formula is C9H19ClSi. The Bertz CT molecular complexity index is 131. The van der Waals surface area contributed by atoms with Crippen molar-refractivity contribution < 1.29 is 0 Å². The van der Waals surface area contributed by atoms with Gasteiger partial charge in [-0.25, -0.2) is 0 Å². The molecule has 1 aliphatic heterocycles. The molecule has 1 aliphatic rings. The van der Waals surface area contributed by atoms with E-state index in [0.717, 1.165) is 0 Å². The van der Waals surface area contributed by atoms with Crippen molar-refractivity contribution in [1.29, 1.82) is 0 Å². The third kappa shape index (κ3) is 2.00. The molecule has 11 heavy (non-hydrogen) atoms. The molecule has 0 aromatic heterocycles. The predicted molar refractivity (Wildman–Crippen MR) is 54.8 cm³/mol. The monoisotopic (exact) mass is 190 g/mol. The van der Waals surface area contributed by atoms with Gasteiger partial charge in [0.15, 0.2) is 7.38 Å². The Labute approximate surface area is 76.0 Å². The average Bonchev–Trinajstić information content (AvgIpc) is 1.87. The molecule has 0 amide bonds. The van der Waals surface area contributed by atoms with E-state index in [0.29, 0.717) is 5.04 Å². The second-order valence-electron chi connectivity index (χ2n) is 4.78. The van der Waals surface area contributed by atoms with Crippen molar-refractivity contribution in [2.75, 3.05) is 0 Å². The molecule has 0 aromatic rings. The Morgan fingerprint density at radius 2 is 1.45 bits per heavy atom. The zero-order valence-corrected chi connectivity index (χ0v) is 9.67. The minimum atomic E-state index is -1.37. The molecule has 0 spiro atoms. The molecule has 0 nitrogen and oxygen atoms in total. The summed E-state index contributed by atoms with van der Waals surface area (Å²) in [4.78, 5) is 0. The first kappa shape index (κ1) is 9.59. The highest BCUT2D eigenvalue weighted by atomic mass is 35.6. The average molecular weight is 191 g/mol. The lowest BCUT2D eigenvalue weighted by Crippen LogP contribution is -2.39. The first-order valence-corrected chi connectivity index (χ1v) is 8.07. The maximum atomic E-state index is 6.69. The number of hydrogen-bond acceptors (Lipinski definition) is 0. The van der Waals surface area contributed by atoms with Crippen LogP contribution in [0.5, 0.6) is 0 Å². The third-order valence-electron chi connectivity index (χ3n) is 2.99. The van der Waals surface area contributed by atoms with E-state index in [4.69, 9.17) is 11.1 Å². The number of halogens is 1. The van der Waals surface area contributed by atoms with Gasteiger partial charge >= 0.3 is 0 Å². The van der Waals surface area contributed by atoms with Crippen LogP contribution in [-0.2, 0) is 0 Å². The predicted octanol–water partition coefficient (Wildman–Crippen LogP) is 4.15. The SMILES string of the molecule is CC(C)(C)[Si]1(Cl)CCCCC1. The summed E-state index contributed by atoms with van der Waals surface area (Å²) >= 11 is 6.69. The topological polar surface area (TPSA) is 0 Å². The molecular weight excluding hydrogens is 172 g/mol. The van der Waals surface area contributed by atoms with Crippen LogP contribution in [0.4, 0.5) is 0 Å². The van der Waals surface area contributed by atoms with Gasteiger partial charge in [-0.2, -0.15) is 11.1 Å². The molecule has 0 aliphatic carbocycles. The van der Waals surface area contributed by atoms with Gasteiger partial charge in [0, 0.05) is 0 Å². The molecule has 2 heteroatoms. The highest BCUT2D eigenvalue weighted by Gasteiger charge is 2.43. The van der Waals surface area contributed by atoms with Crippen LogP contribution >= 0.6 is 11.1 Å². The molecule has 1 rings (SSSR count).